The normalized spacial score (nSPS) is 16.3. The zero-order chi connectivity index (χ0) is 23.8. The van der Waals surface area contributed by atoms with Crippen LogP contribution in [0.4, 0.5) is 10.5 Å². The van der Waals surface area contributed by atoms with E-state index in [4.69, 9.17) is 4.74 Å². The Morgan fingerprint density at radius 3 is 2.24 bits per heavy atom. The Morgan fingerprint density at radius 2 is 1.65 bits per heavy atom. The van der Waals surface area contributed by atoms with Crippen LogP contribution in [0.25, 0.3) is 11.1 Å². The first-order chi connectivity index (χ1) is 16.4. The molecular weight excluding hydrogens is 500 g/mol. The summed E-state index contributed by atoms with van der Waals surface area (Å²) in [5.74, 6) is -1.57. The van der Waals surface area contributed by atoms with Crippen LogP contribution in [0.2, 0.25) is 0 Å². The average Bonchev–Trinajstić information content (AvgIpc) is 3.10. The Labute approximate surface area is 204 Å². The molecule has 1 aliphatic heterocycles. The molecule has 1 fully saturated rings. The Kier molecular flexibility index (Phi) is 5.83. The van der Waals surface area contributed by atoms with E-state index in [1.807, 2.05) is 36.4 Å². The van der Waals surface area contributed by atoms with Gasteiger partial charge in [-0.2, -0.15) is 0 Å². The molecule has 1 aliphatic carbocycles. The second-order valence-electron chi connectivity index (χ2n) is 8.28. The van der Waals surface area contributed by atoms with Crippen LogP contribution in [0, 0.1) is 0 Å². The van der Waals surface area contributed by atoms with Crippen LogP contribution in [-0.4, -0.2) is 47.2 Å². The highest BCUT2D eigenvalue weighted by Crippen LogP contribution is 2.44. The zero-order valence-corrected chi connectivity index (χ0v) is 19.6. The minimum atomic E-state index is -1.04. The summed E-state index contributed by atoms with van der Waals surface area (Å²) in [6.45, 7) is 0.501. The van der Waals surface area contributed by atoms with E-state index >= 15 is 0 Å². The minimum Gasteiger partial charge on any atom is -0.480 e. The van der Waals surface area contributed by atoms with E-state index in [9.17, 15) is 19.5 Å². The number of nitrogens with one attached hydrogen (secondary N) is 1. The molecule has 3 aromatic carbocycles. The van der Waals surface area contributed by atoms with Gasteiger partial charge in [0.2, 0.25) is 0 Å². The first kappa shape index (κ1) is 22.2. The fourth-order valence-corrected chi connectivity index (χ4v) is 4.95. The average molecular weight is 521 g/mol. The number of halogens is 1. The number of carbonyl (C=O) groups is 3. The molecule has 1 atom stereocenters. The maximum absolute atomic E-state index is 13.0. The van der Waals surface area contributed by atoms with Gasteiger partial charge in [-0.1, -0.05) is 64.5 Å². The van der Waals surface area contributed by atoms with Crippen LogP contribution in [0.1, 0.15) is 33.8 Å². The highest BCUT2D eigenvalue weighted by Gasteiger charge is 2.38. The number of fused-ring (bicyclic) bond motifs is 3. The predicted molar refractivity (Wildman–Crippen MR) is 130 cm³/mol. The van der Waals surface area contributed by atoms with E-state index in [0.717, 1.165) is 22.3 Å². The smallest absolute Gasteiger partial charge is 0.411 e. The minimum absolute atomic E-state index is 0.0841. The summed E-state index contributed by atoms with van der Waals surface area (Å²) in [7, 11) is 0. The number of hydrogen-bond donors (Lipinski definition) is 2. The molecule has 3 aromatic rings. The number of carbonyl (C=O) groups excluding carboxylic acids is 2. The summed E-state index contributed by atoms with van der Waals surface area (Å²) < 4.78 is 6.26. The van der Waals surface area contributed by atoms with Gasteiger partial charge in [-0.05, 0) is 46.9 Å². The molecule has 8 heteroatoms. The number of rotatable bonds is 5. The number of carboxylic acids is 1. The maximum Gasteiger partial charge on any atom is 0.411 e. The van der Waals surface area contributed by atoms with E-state index < -0.39 is 24.0 Å². The Morgan fingerprint density at radius 1 is 1.00 bits per heavy atom. The fraction of sp³-hybridized carbons (Fsp3) is 0.192. The van der Waals surface area contributed by atoms with Gasteiger partial charge in [0.25, 0.3) is 5.91 Å². The Hall–Kier alpha value is -3.65. The third-order valence-corrected chi connectivity index (χ3v) is 6.85. The molecule has 0 aromatic heterocycles. The molecule has 7 nitrogen and oxygen atoms in total. The van der Waals surface area contributed by atoms with Gasteiger partial charge in [0.05, 0.1) is 11.3 Å². The Balaban J connectivity index is 1.32. The largest absolute Gasteiger partial charge is 0.480 e. The molecule has 5 rings (SSSR count). The van der Waals surface area contributed by atoms with Crippen LogP contribution in [0.15, 0.2) is 71.2 Å². The molecule has 0 spiro atoms. The number of ether oxygens (including phenoxy) is 1. The molecule has 2 aliphatic rings. The van der Waals surface area contributed by atoms with Gasteiger partial charge in [0, 0.05) is 16.9 Å². The monoisotopic (exact) mass is 520 g/mol. The molecule has 1 saturated heterocycles. The van der Waals surface area contributed by atoms with Gasteiger partial charge < -0.3 is 14.7 Å². The van der Waals surface area contributed by atoms with Gasteiger partial charge in [-0.3, -0.25) is 10.1 Å². The van der Waals surface area contributed by atoms with E-state index in [1.54, 1.807) is 18.2 Å². The van der Waals surface area contributed by atoms with Gasteiger partial charge in [0.15, 0.2) is 0 Å². The summed E-state index contributed by atoms with van der Waals surface area (Å²) in [5.41, 5.74) is 4.94. The summed E-state index contributed by atoms with van der Waals surface area (Å²) in [6.07, 6.45) is -0.278. The van der Waals surface area contributed by atoms with Crippen molar-refractivity contribution in [2.45, 2.75) is 18.4 Å². The van der Waals surface area contributed by atoms with Crippen molar-refractivity contribution in [3.63, 3.8) is 0 Å². The second-order valence-corrected chi connectivity index (χ2v) is 9.20. The lowest BCUT2D eigenvalue weighted by atomic mass is 9.98. The maximum atomic E-state index is 13.0. The first-order valence-corrected chi connectivity index (χ1v) is 11.7. The van der Waals surface area contributed by atoms with Crippen molar-refractivity contribution in [2.24, 2.45) is 0 Å². The van der Waals surface area contributed by atoms with Crippen molar-refractivity contribution >= 4 is 39.6 Å². The molecule has 2 N–H and O–H groups in total. The molecule has 34 heavy (non-hydrogen) atoms. The third-order valence-electron chi connectivity index (χ3n) is 6.36. The molecular formula is C26H21BrN2O5. The van der Waals surface area contributed by atoms with Crippen LogP contribution >= 0.6 is 15.9 Å². The number of nitrogens with zero attached hydrogens (tertiary/aromatic N) is 1. The van der Waals surface area contributed by atoms with Crippen molar-refractivity contribution in [1.29, 1.82) is 0 Å². The van der Waals surface area contributed by atoms with Gasteiger partial charge in [0.1, 0.15) is 12.6 Å². The fourth-order valence-electron chi connectivity index (χ4n) is 4.59. The van der Waals surface area contributed by atoms with Crippen molar-refractivity contribution in [3.8, 4) is 11.1 Å². The standard InChI is InChI=1S/C26H21BrN2O5/c27-15-9-10-20(24(30)29-12-11-23(29)25(31)32)22(13-15)28-26(33)34-14-21-18-7-3-1-5-16(18)17-6-2-4-8-19(17)21/h1-10,13,21,23H,11-12,14H2,(H,28,33)(H,31,32). The highest BCUT2D eigenvalue weighted by molar-refractivity contribution is 9.10. The summed E-state index contributed by atoms with van der Waals surface area (Å²) >= 11 is 3.36. The third kappa shape index (κ3) is 3.94. The van der Waals surface area contributed by atoms with E-state index in [-0.39, 0.29) is 23.8 Å². The number of anilines is 1. The van der Waals surface area contributed by atoms with Crippen molar-refractivity contribution in [1.82, 2.24) is 4.90 Å². The quantitative estimate of drug-likeness (QED) is 0.487. The number of aliphatic carboxylic acids is 1. The van der Waals surface area contributed by atoms with Crippen LogP contribution in [0.5, 0.6) is 0 Å². The van der Waals surface area contributed by atoms with E-state index in [2.05, 4.69) is 33.4 Å². The number of benzene rings is 3. The second kappa shape index (κ2) is 8.95. The van der Waals surface area contributed by atoms with Gasteiger partial charge in [-0.25, -0.2) is 9.59 Å². The summed E-state index contributed by atoms with van der Waals surface area (Å²) in [4.78, 5) is 38.3. The lowest BCUT2D eigenvalue weighted by Crippen LogP contribution is -2.55. The van der Waals surface area contributed by atoms with Crippen LogP contribution in [-0.2, 0) is 9.53 Å². The topological polar surface area (TPSA) is 95.9 Å². The van der Waals surface area contributed by atoms with Crippen molar-refractivity contribution < 1.29 is 24.2 Å². The SMILES string of the molecule is O=C(Nc1cc(Br)ccc1C(=O)N1CCC1C(=O)O)OCC1c2ccccc2-c2ccccc21. The van der Waals surface area contributed by atoms with Gasteiger partial charge >= 0.3 is 12.1 Å². The van der Waals surface area contributed by atoms with Crippen LogP contribution in [0.3, 0.4) is 0 Å². The summed E-state index contributed by atoms with van der Waals surface area (Å²) in [5, 5.41) is 11.9. The number of carboxylic acid groups (broad SMARTS) is 1. The molecule has 0 bridgehead atoms. The summed E-state index contributed by atoms with van der Waals surface area (Å²) in [6, 6.07) is 20.1. The van der Waals surface area contributed by atoms with Crippen molar-refractivity contribution in [3.05, 3.63) is 87.9 Å². The number of likely N-dealkylation sites (tertiary alicyclic amines) is 1. The zero-order valence-electron chi connectivity index (χ0n) is 18.0. The van der Waals surface area contributed by atoms with E-state index in [1.165, 1.54) is 4.90 Å². The molecule has 1 unspecified atom stereocenters. The highest BCUT2D eigenvalue weighted by atomic mass is 79.9. The molecule has 0 saturated carbocycles. The Bertz CT molecular complexity index is 1260. The van der Waals surface area contributed by atoms with E-state index in [0.29, 0.717) is 17.4 Å². The number of amides is 2. The van der Waals surface area contributed by atoms with Crippen molar-refractivity contribution in [2.75, 3.05) is 18.5 Å². The molecule has 172 valence electrons. The molecule has 0 radical (unpaired) electrons. The predicted octanol–water partition coefficient (Wildman–Crippen LogP) is 5.11. The lowest BCUT2D eigenvalue weighted by molar-refractivity contribution is -0.146. The lowest BCUT2D eigenvalue weighted by Gasteiger charge is -2.38. The molecule has 1 heterocycles. The number of hydrogen-bond acceptors (Lipinski definition) is 4. The molecule has 2 amide bonds. The first-order valence-electron chi connectivity index (χ1n) is 10.9. The van der Waals surface area contributed by atoms with Gasteiger partial charge in [-0.15, -0.1) is 0 Å². The van der Waals surface area contributed by atoms with Crippen LogP contribution < -0.4 is 5.32 Å².